The van der Waals surface area contributed by atoms with E-state index in [1.807, 2.05) is 0 Å². The first-order chi connectivity index (χ1) is 17.2. The number of hydrogen-bond acceptors (Lipinski definition) is 10. The van der Waals surface area contributed by atoms with Crippen LogP contribution in [0.4, 0.5) is 5.13 Å². The van der Waals surface area contributed by atoms with E-state index in [9.17, 15) is 23.3 Å². The quantitative estimate of drug-likeness (QED) is 0.181. The van der Waals surface area contributed by atoms with E-state index >= 15 is 0 Å². The highest BCUT2D eigenvalue weighted by molar-refractivity contribution is 7.91. The number of nitriles is 1. The number of aromatic nitrogens is 2. The molecule has 13 heteroatoms. The predicted octanol–water partition coefficient (Wildman–Crippen LogP) is 4.15. The number of ether oxygens (including phenoxy) is 2. The first kappa shape index (κ1) is 26.8. The van der Waals surface area contributed by atoms with Crippen molar-refractivity contribution in [3.8, 4) is 17.6 Å². The van der Waals surface area contributed by atoms with Gasteiger partial charge in [-0.05, 0) is 55.0 Å². The number of carbonyl (C=O) groups is 2. The fourth-order valence-corrected chi connectivity index (χ4v) is 4.42. The first-order valence-corrected chi connectivity index (χ1v) is 13.2. The fourth-order valence-electron chi connectivity index (χ4n) is 2.71. The highest BCUT2D eigenvalue weighted by Gasteiger charge is 2.20. The molecule has 2 aromatic carbocycles. The van der Waals surface area contributed by atoms with Gasteiger partial charge in [0.05, 0.1) is 17.9 Å². The summed E-state index contributed by atoms with van der Waals surface area (Å²) in [5, 5.41) is 11.9. The third kappa shape index (κ3) is 6.66. The Morgan fingerprint density at radius 2 is 1.89 bits per heavy atom. The van der Waals surface area contributed by atoms with Crippen LogP contribution in [0.25, 0.3) is 6.08 Å². The summed E-state index contributed by atoms with van der Waals surface area (Å²) < 4.78 is 38.5. The summed E-state index contributed by atoms with van der Waals surface area (Å²) in [6, 6.07) is 12.5. The molecule has 0 bridgehead atoms. The largest absolute Gasteiger partial charge is 0.490 e. The lowest BCUT2D eigenvalue weighted by Crippen LogP contribution is -2.14. The lowest BCUT2D eigenvalue weighted by Gasteiger charge is -2.11. The summed E-state index contributed by atoms with van der Waals surface area (Å²) in [4.78, 5) is 28.8. The van der Waals surface area contributed by atoms with E-state index < -0.39 is 26.9 Å². The van der Waals surface area contributed by atoms with E-state index in [1.165, 1.54) is 43.3 Å². The minimum Gasteiger partial charge on any atom is -0.490 e. The number of carbonyl (C=O) groups excluding carboxylic acids is 2. The van der Waals surface area contributed by atoms with Gasteiger partial charge in [0.25, 0.3) is 11.1 Å². The van der Waals surface area contributed by atoms with Crippen LogP contribution in [-0.2, 0) is 14.6 Å². The van der Waals surface area contributed by atoms with Crippen LogP contribution in [0.5, 0.6) is 11.5 Å². The standard InChI is InChI=1S/C23H19ClN4O6S2/c1-3-33-19-12-14(5-10-18(19)34-21(30)15-6-8-17(24)9-7-15)11-16(13-25)20(29)26-22-27-23(28-35-22)36(31,32)4-2/h5-12H,3-4H2,1-2H3,(H,26,27,28,29). The molecule has 36 heavy (non-hydrogen) atoms. The molecule has 0 fully saturated rings. The lowest BCUT2D eigenvalue weighted by molar-refractivity contribution is -0.112. The molecule has 1 aromatic heterocycles. The van der Waals surface area contributed by atoms with E-state index in [4.69, 9.17) is 21.1 Å². The maximum absolute atomic E-state index is 12.6. The van der Waals surface area contributed by atoms with Crippen molar-refractivity contribution in [3.05, 3.63) is 64.2 Å². The van der Waals surface area contributed by atoms with Crippen molar-refractivity contribution in [2.24, 2.45) is 0 Å². The zero-order valence-corrected chi connectivity index (χ0v) is 21.4. The fraction of sp³-hybridized carbons (Fsp3) is 0.174. The molecule has 0 aliphatic carbocycles. The van der Waals surface area contributed by atoms with Gasteiger partial charge in [-0.25, -0.2) is 13.2 Å². The van der Waals surface area contributed by atoms with Crippen LogP contribution in [0.15, 0.2) is 53.2 Å². The Labute approximate surface area is 216 Å². The number of amides is 1. The number of rotatable bonds is 9. The molecule has 1 amide bonds. The van der Waals surface area contributed by atoms with Crippen molar-refractivity contribution < 1.29 is 27.5 Å². The van der Waals surface area contributed by atoms with Crippen molar-refractivity contribution in [1.82, 2.24) is 9.36 Å². The molecule has 0 atom stereocenters. The van der Waals surface area contributed by atoms with Crippen LogP contribution < -0.4 is 14.8 Å². The summed E-state index contributed by atoms with van der Waals surface area (Å²) >= 11 is 6.53. The van der Waals surface area contributed by atoms with Gasteiger partial charge in [-0.3, -0.25) is 10.1 Å². The Morgan fingerprint density at radius 1 is 1.17 bits per heavy atom. The van der Waals surface area contributed by atoms with Crippen LogP contribution in [0.1, 0.15) is 29.8 Å². The Balaban J connectivity index is 1.81. The van der Waals surface area contributed by atoms with Crippen molar-refractivity contribution in [3.63, 3.8) is 0 Å². The number of anilines is 1. The summed E-state index contributed by atoms with van der Waals surface area (Å²) in [5.41, 5.74) is 0.433. The molecule has 0 spiro atoms. The number of hydrogen-bond donors (Lipinski definition) is 1. The number of esters is 1. The van der Waals surface area contributed by atoms with Gasteiger partial charge in [0.2, 0.25) is 15.0 Å². The zero-order chi connectivity index (χ0) is 26.3. The van der Waals surface area contributed by atoms with E-state index in [1.54, 1.807) is 25.1 Å². The predicted molar refractivity (Wildman–Crippen MR) is 134 cm³/mol. The number of nitrogens with one attached hydrogen (secondary N) is 1. The van der Waals surface area contributed by atoms with Gasteiger partial charge in [0, 0.05) is 16.6 Å². The maximum Gasteiger partial charge on any atom is 0.343 e. The summed E-state index contributed by atoms with van der Waals surface area (Å²) in [7, 11) is -3.63. The van der Waals surface area contributed by atoms with E-state index in [0.29, 0.717) is 27.7 Å². The molecule has 3 rings (SSSR count). The smallest absolute Gasteiger partial charge is 0.343 e. The van der Waals surface area contributed by atoms with Gasteiger partial charge < -0.3 is 9.47 Å². The molecule has 10 nitrogen and oxygen atoms in total. The van der Waals surface area contributed by atoms with E-state index in [-0.39, 0.29) is 34.6 Å². The molecule has 0 aliphatic heterocycles. The van der Waals surface area contributed by atoms with Crippen molar-refractivity contribution >= 4 is 56.1 Å². The van der Waals surface area contributed by atoms with Crippen molar-refractivity contribution in [2.45, 2.75) is 19.0 Å². The van der Waals surface area contributed by atoms with Crippen molar-refractivity contribution in [1.29, 1.82) is 5.26 Å². The number of benzene rings is 2. The van der Waals surface area contributed by atoms with E-state index in [0.717, 1.165) is 0 Å². The first-order valence-electron chi connectivity index (χ1n) is 10.4. The van der Waals surface area contributed by atoms with Crippen LogP contribution in [0.3, 0.4) is 0 Å². The Kier molecular flexibility index (Phi) is 8.76. The van der Waals surface area contributed by atoms with Crippen LogP contribution >= 0.6 is 23.1 Å². The molecule has 186 valence electrons. The molecule has 0 saturated heterocycles. The Morgan fingerprint density at radius 3 is 2.53 bits per heavy atom. The Hall–Kier alpha value is -3.79. The van der Waals surface area contributed by atoms with Gasteiger partial charge in [-0.15, -0.1) is 0 Å². The molecule has 1 N–H and O–H groups in total. The third-order valence-corrected chi connectivity index (χ3v) is 7.01. The van der Waals surface area contributed by atoms with Gasteiger partial charge in [0.15, 0.2) is 11.5 Å². The summed E-state index contributed by atoms with van der Waals surface area (Å²) in [5.74, 6) is -1.23. The topological polar surface area (TPSA) is 148 Å². The van der Waals surface area contributed by atoms with Crippen LogP contribution in [0.2, 0.25) is 5.02 Å². The molecule has 0 radical (unpaired) electrons. The van der Waals surface area contributed by atoms with Crippen LogP contribution in [-0.4, -0.2) is 42.0 Å². The monoisotopic (exact) mass is 546 g/mol. The van der Waals surface area contributed by atoms with Gasteiger partial charge in [-0.1, -0.05) is 24.6 Å². The molecule has 0 aliphatic rings. The van der Waals surface area contributed by atoms with Crippen LogP contribution in [0, 0.1) is 11.3 Å². The van der Waals surface area contributed by atoms with E-state index in [2.05, 4.69) is 14.7 Å². The molecule has 0 saturated carbocycles. The average Bonchev–Trinajstić information content (AvgIpc) is 3.33. The molecular formula is C23H19ClN4O6S2. The van der Waals surface area contributed by atoms with Crippen molar-refractivity contribution in [2.75, 3.05) is 17.7 Å². The SMILES string of the molecule is CCOc1cc(C=C(C#N)C(=O)Nc2nc(S(=O)(=O)CC)ns2)ccc1OC(=O)c1ccc(Cl)cc1. The number of halogens is 1. The average molecular weight is 547 g/mol. The second-order valence-corrected chi connectivity index (χ2v) is 10.3. The Bertz CT molecular complexity index is 1460. The summed E-state index contributed by atoms with van der Waals surface area (Å²) in [6.07, 6.45) is 1.30. The summed E-state index contributed by atoms with van der Waals surface area (Å²) in [6.45, 7) is 3.46. The highest BCUT2D eigenvalue weighted by atomic mass is 35.5. The van der Waals surface area contributed by atoms with Gasteiger partial charge in [-0.2, -0.15) is 14.6 Å². The lowest BCUT2D eigenvalue weighted by atomic mass is 10.1. The number of sulfone groups is 1. The molecule has 3 aromatic rings. The normalized spacial score (nSPS) is 11.4. The molecular weight excluding hydrogens is 528 g/mol. The maximum atomic E-state index is 12.6. The highest BCUT2D eigenvalue weighted by Crippen LogP contribution is 2.30. The molecule has 0 unspecified atom stereocenters. The number of nitrogens with zero attached hydrogens (tertiary/aromatic N) is 3. The third-order valence-electron chi connectivity index (χ3n) is 4.51. The zero-order valence-electron chi connectivity index (χ0n) is 19.0. The second-order valence-electron chi connectivity index (χ2n) is 6.95. The van der Waals surface area contributed by atoms with Gasteiger partial charge >= 0.3 is 5.97 Å². The minimum atomic E-state index is -3.63. The second kappa shape index (κ2) is 11.8. The minimum absolute atomic E-state index is 0.0624. The van der Waals surface area contributed by atoms with Gasteiger partial charge in [0.1, 0.15) is 11.6 Å². The molecule has 1 heterocycles.